The highest BCUT2D eigenvalue weighted by molar-refractivity contribution is 5.08. The lowest BCUT2D eigenvalue weighted by Crippen LogP contribution is -2.17. The number of alkyl halides is 1. The number of hydrogen-bond acceptors (Lipinski definition) is 1. The summed E-state index contributed by atoms with van der Waals surface area (Å²) in [5, 5.41) is 0. The van der Waals surface area contributed by atoms with Gasteiger partial charge >= 0.3 is 0 Å². The van der Waals surface area contributed by atoms with Gasteiger partial charge in [0.25, 0.3) is 0 Å². The molecule has 0 amide bonds. The summed E-state index contributed by atoms with van der Waals surface area (Å²) in [6.07, 6.45) is 12.0. The van der Waals surface area contributed by atoms with E-state index in [9.17, 15) is 4.39 Å². The van der Waals surface area contributed by atoms with E-state index in [2.05, 4.69) is 6.08 Å². The minimum absolute atomic E-state index is 0.145. The maximum absolute atomic E-state index is 13.5. The Morgan fingerprint density at radius 1 is 1.07 bits per heavy atom. The number of allylic oxidation sites excluding steroid dienone is 1. The molecule has 1 rings (SSSR count). The van der Waals surface area contributed by atoms with E-state index in [0.717, 1.165) is 24.8 Å². The molecule has 0 aliphatic heterocycles. The van der Waals surface area contributed by atoms with Crippen molar-refractivity contribution in [1.29, 1.82) is 0 Å². The van der Waals surface area contributed by atoms with Crippen LogP contribution in [-0.2, 0) is 0 Å². The standard InChI is InChI=1S/C13H24FN/c14-13(11-15)12-9-7-5-3-1-2-4-6-8-10-12/h9,13H,1-8,10-11,15H2/b12-9-. The van der Waals surface area contributed by atoms with Crippen LogP contribution in [0.1, 0.15) is 57.8 Å². The molecule has 1 aliphatic carbocycles. The largest absolute Gasteiger partial charge is 0.327 e. The van der Waals surface area contributed by atoms with Gasteiger partial charge < -0.3 is 5.73 Å². The van der Waals surface area contributed by atoms with Crippen LogP contribution in [-0.4, -0.2) is 12.7 Å². The highest BCUT2D eigenvalue weighted by Crippen LogP contribution is 2.20. The second kappa shape index (κ2) is 7.86. The van der Waals surface area contributed by atoms with Crippen molar-refractivity contribution >= 4 is 0 Å². The van der Waals surface area contributed by atoms with Gasteiger partial charge in [0.1, 0.15) is 6.17 Å². The first-order valence-electron chi connectivity index (χ1n) is 6.37. The van der Waals surface area contributed by atoms with Crippen LogP contribution in [0.3, 0.4) is 0 Å². The molecule has 2 heteroatoms. The van der Waals surface area contributed by atoms with E-state index in [1.165, 1.54) is 38.5 Å². The van der Waals surface area contributed by atoms with E-state index in [-0.39, 0.29) is 6.54 Å². The molecule has 0 aromatic heterocycles. The minimum Gasteiger partial charge on any atom is -0.327 e. The minimum atomic E-state index is -0.897. The maximum Gasteiger partial charge on any atom is 0.133 e. The summed E-state index contributed by atoms with van der Waals surface area (Å²) in [6, 6.07) is 0. The second-order valence-corrected chi connectivity index (χ2v) is 4.50. The van der Waals surface area contributed by atoms with Gasteiger partial charge in [0.2, 0.25) is 0 Å². The van der Waals surface area contributed by atoms with Crippen molar-refractivity contribution < 1.29 is 4.39 Å². The van der Waals surface area contributed by atoms with E-state index < -0.39 is 6.17 Å². The average molecular weight is 213 g/mol. The van der Waals surface area contributed by atoms with Gasteiger partial charge in [0, 0.05) is 6.54 Å². The highest BCUT2D eigenvalue weighted by atomic mass is 19.1. The molecule has 0 bridgehead atoms. The Kier molecular flexibility index (Phi) is 6.66. The summed E-state index contributed by atoms with van der Waals surface area (Å²) in [6.45, 7) is 0.145. The Balaban J connectivity index is 2.44. The normalized spacial score (nSPS) is 26.1. The fourth-order valence-corrected chi connectivity index (χ4v) is 2.18. The quantitative estimate of drug-likeness (QED) is 0.695. The molecule has 1 nitrogen and oxygen atoms in total. The molecule has 1 atom stereocenters. The van der Waals surface area contributed by atoms with Gasteiger partial charge in [-0.2, -0.15) is 0 Å². The molecule has 0 saturated heterocycles. The van der Waals surface area contributed by atoms with Gasteiger partial charge in [-0.15, -0.1) is 0 Å². The van der Waals surface area contributed by atoms with Crippen LogP contribution in [0.25, 0.3) is 0 Å². The molecule has 0 fully saturated rings. The van der Waals surface area contributed by atoms with Crippen molar-refractivity contribution in [3.05, 3.63) is 11.6 Å². The zero-order valence-corrected chi connectivity index (χ0v) is 9.68. The average Bonchev–Trinajstić information content (AvgIpc) is 2.32. The molecule has 2 N–H and O–H groups in total. The highest BCUT2D eigenvalue weighted by Gasteiger charge is 2.10. The van der Waals surface area contributed by atoms with Crippen molar-refractivity contribution in [2.24, 2.45) is 5.73 Å². The van der Waals surface area contributed by atoms with Crippen LogP contribution in [0.5, 0.6) is 0 Å². The molecule has 0 heterocycles. The Hall–Kier alpha value is -0.370. The third-order valence-corrected chi connectivity index (χ3v) is 3.19. The number of halogens is 1. The van der Waals surface area contributed by atoms with Crippen molar-refractivity contribution in [3.8, 4) is 0 Å². The summed E-state index contributed by atoms with van der Waals surface area (Å²) in [4.78, 5) is 0. The maximum atomic E-state index is 13.5. The van der Waals surface area contributed by atoms with Crippen molar-refractivity contribution in [3.63, 3.8) is 0 Å². The second-order valence-electron chi connectivity index (χ2n) is 4.50. The third-order valence-electron chi connectivity index (χ3n) is 3.19. The molecule has 0 aromatic rings. The zero-order valence-electron chi connectivity index (χ0n) is 9.68. The fourth-order valence-electron chi connectivity index (χ4n) is 2.18. The predicted octanol–water partition coefficient (Wildman–Crippen LogP) is 3.73. The summed E-state index contributed by atoms with van der Waals surface area (Å²) >= 11 is 0. The van der Waals surface area contributed by atoms with Gasteiger partial charge in [0.05, 0.1) is 0 Å². The van der Waals surface area contributed by atoms with Gasteiger partial charge in [-0.1, -0.05) is 38.2 Å². The number of nitrogens with two attached hydrogens (primary N) is 1. The molecule has 88 valence electrons. The van der Waals surface area contributed by atoms with Crippen molar-refractivity contribution in [2.75, 3.05) is 6.54 Å². The summed E-state index contributed by atoms with van der Waals surface area (Å²) < 4.78 is 13.5. The SMILES string of the molecule is NCC(F)/C1=C\CCCCCCCCC1. The van der Waals surface area contributed by atoms with Gasteiger partial charge in [-0.05, 0) is 31.3 Å². The Labute approximate surface area is 92.9 Å². The smallest absolute Gasteiger partial charge is 0.133 e. The van der Waals surface area contributed by atoms with Crippen molar-refractivity contribution in [2.45, 2.75) is 64.0 Å². The molecule has 0 spiro atoms. The van der Waals surface area contributed by atoms with Crippen LogP contribution in [0.4, 0.5) is 4.39 Å². The van der Waals surface area contributed by atoms with E-state index in [1.807, 2.05) is 0 Å². The Morgan fingerprint density at radius 2 is 1.67 bits per heavy atom. The molecule has 15 heavy (non-hydrogen) atoms. The van der Waals surface area contributed by atoms with Gasteiger partial charge in [-0.3, -0.25) is 0 Å². The van der Waals surface area contributed by atoms with Crippen LogP contribution in [0, 0.1) is 0 Å². The first-order valence-corrected chi connectivity index (χ1v) is 6.37. The molecule has 1 aliphatic rings. The Morgan fingerprint density at radius 3 is 2.33 bits per heavy atom. The van der Waals surface area contributed by atoms with Gasteiger partial charge in [0.15, 0.2) is 0 Å². The van der Waals surface area contributed by atoms with Crippen molar-refractivity contribution in [1.82, 2.24) is 0 Å². The van der Waals surface area contributed by atoms with E-state index in [0.29, 0.717) is 0 Å². The van der Waals surface area contributed by atoms with E-state index in [4.69, 9.17) is 5.73 Å². The molecular weight excluding hydrogens is 189 g/mol. The molecular formula is C13H24FN. The van der Waals surface area contributed by atoms with Crippen LogP contribution < -0.4 is 5.73 Å². The van der Waals surface area contributed by atoms with Gasteiger partial charge in [-0.25, -0.2) is 4.39 Å². The Bertz CT molecular complexity index is 189. The lowest BCUT2D eigenvalue weighted by molar-refractivity contribution is 0.377. The van der Waals surface area contributed by atoms with Crippen LogP contribution in [0.2, 0.25) is 0 Å². The number of hydrogen-bond donors (Lipinski definition) is 1. The zero-order chi connectivity index (χ0) is 10.9. The lowest BCUT2D eigenvalue weighted by atomic mass is 10.0. The fraction of sp³-hybridized carbons (Fsp3) is 0.846. The lowest BCUT2D eigenvalue weighted by Gasteiger charge is -2.10. The molecule has 0 aromatic carbocycles. The number of rotatable bonds is 2. The van der Waals surface area contributed by atoms with Crippen LogP contribution >= 0.6 is 0 Å². The summed E-state index contributed by atoms with van der Waals surface area (Å²) in [5.41, 5.74) is 6.34. The topological polar surface area (TPSA) is 26.0 Å². The van der Waals surface area contributed by atoms with E-state index in [1.54, 1.807) is 0 Å². The monoisotopic (exact) mass is 213 g/mol. The van der Waals surface area contributed by atoms with Crippen LogP contribution in [0.15, 0.2) is 11.6 Å². The predicted molar refractivity (Wildman–Crippen MR) is 63.6 cm³/mol. The summed E-state index contributed by atoms with van der Waals surface area (Å²) in [7, 11) is 0. The molecule has 1 unspecified atom stereocenters. The summed E-state index contributed by atoms with van der Waals surface area (Å²) in [5.74, 6) is 0. The molecule has 0 saturated carbocycles. The van der Waals surface area contributed by atoms with E-state index >= 15 is 0 Å². The first kappa shape index (κ1) is 12.7. The molecule has 0 radical (unpaired) electrons. The third kappa shape index (κ3) is 5.31. The first-order chi connectivity index (χ1) is 7.34.